The fourth-order valence-corrected chi connectivity index (χ4v) is 3.00. The van der Waals surface area contributed by atoms with Crippen LogP contribution < -0.4 is 10.5 Å². The van der Waals surface area contributed by atoms with Gasteiger partial charge < -0.3 is 20.3 Å². The van der Waals surface area contributed by atoms with Crippen LogP contribution in [0.1, 0.15) is 25.5 Å². The zero-order valence-corrected chi connectivity index (χ0v) is 13.1. The van der Waals surface area contributed by atoms with Gasteiger partial charge in [0, 0.05) is 25.7 Å². The van der Waals surface area contributed by atoms with Gasteiger partial charge in [0.05, 0.1) is 25.4 Å². The Labute approximate surface area is 126 Å². The Morgan fingerprint density at radius 2 is 2.10 bits per heavy atom. The van der Waals surface area contributed by atoms with Crippen molar-refractivity contribution >= 4 is 0 Å². The number of aliphatic hydroxyl groups excluding tert-OH is 1. The monoisotopic (exact) mass is 294 g/mol. The van der Waals surface area contributed by atoms with Gasteiger partial charge in [-0.1, -0.05) is 12.1 Å². The summed E-state index contributed by atoms with van der Waals surface area (Å²) in [5.41, 5.74) is 6.88. The van der Waals surface area contributed by atoms with Crippen molar-refractivity contribution < 1.29 is 14.6 Å². The van der Waals surface area contributed by atoms with E-state index in [0.717, 1.165) is 17.9 Å². The molecule has 1 saturated heterocycles. The first-order valence-corrected chi connectivity index (χ1v) is 7.36. The van der Waals surface area contributed by atoms with Crippen LogP contribution in [-0.4, -0.2) is 55.1 Å². The molecule has 1 aromatic rings. The highest BCUT2D eigenvalue weighted by Crippen LogP contribution is 2.29. The molecule has 118 valence electrons. The summed E-state index contributed by atoms with van der Waals surface area (Å²) in [6.45, 7) is 6.12. The third-order valence-corrected chi connectivity index (χ3v) is 3.88. The number of rotatable bonds is 5. The number of hydrogen-bond donors (Lipinski definition) is 2. The highest BCUT2D eigenvalue weighted by Gasteiger charge is 2.36. The lowest BCUT2D eigenvalue weighted by molar-refractivity contribution is -0.156. The Balaban J connectivity index is 2.18. The minimum Gasteiger partial charge on any atom is -0.497 e. The first kappa shape index (κ1) is 16.2. The van der Waals surface area contributed by atoms with Gasteiger partial charge >= 0.3 is 0 Å². The topological polar surface area (TPSA) is 68.0 Å². The molecule has 0 bridgehead atoms. The second-order valence-corrected chi connectivity index (χ2v) is 6.14. The van der Waals surface area contributed by atoms with Crippen LogP contribution >= 0.6 is 0 Å². The molecule has 1 aliphatic heterocycles. The SMILES string of the molecule is COc1ccc(C(CN)N2CC(CO)OC(C)(C)C2)cc1. The third-order valence-electron chi connectivity index (χ3n) is 3.88. The number of methoxy groups -OCH3 is 1. The molecule has 0 aliphatic carbocycles. The van der Waals surface area contributed by atoms with E-state index in [1.54, 1.807) is 7.11 Å². The number of ether oxygens (including phenoxy) is 2. The molecule has 0 spiro atoms. The van der Waals surface area contributed by atoms with Gasteiger partial charge in [-0.05, 0) is 31.5 Å². The van der Waals surface area contributed by atoms with Crippen molar-refractivity contribution in [1.29, 1.82) is 0 Å². The van der Waals surface area contributed by atoms with Crippen molar-refractivity contribution in [2.75, 3.05) is 33.4 Å². The zero-order chi connectivity index (χ0) is 15.5. The molecular weight excluding hydrogens is 268 g/mol. The molecule has 0 amide bonds. The van der Waals surface area contributed by atoms with Crippen LogP contribution in [0.2, 0.25) is 0 Å². The van der Waals surface area contributed by atoms with Crippen molar-refractivity contribution in [2.24, 2.45) is 5.73 Å². The van der Waals surface area contributed by atoms with Crippen molar-refractivity contribution in [1.82, 2.24) is 4.90 Å². The number of nitrogens with two attached hydrogens (primary N) is 1. The number of aliphatic hydroxyl groups is 1. The fourth-order valence-electron chi connectivity index (χ4n) is 3.00. The summed E-state index contributed by atoms with van der Waals surface area (Å²) in [5.74, 6) is 0.838. The van der Waals surface area contributed by atoms with Crippen LogP contribution in [0.5, 0.6) is 5.75 Å². The second-order valence-electron chi connectivity index (χ2n) is 6.14. The van der Waals surface area contributed by atoms with Gasteiger partial charge in [0.1, 0.15) is 5.75 Å². The van der Waals surface area contributed by atoms with E-state index in [-0.39, 0.29) is 24.4 Å². The predicted molar refractivity (Wildman–Crippen MR) is 82.4 cm³/mol. The Morgan fingerprint density at radius 1 is 1.43 bits per heavy atom. The Kier molecular flexibility index (Phi) is 5.22. The van der Waals surface area contributed by atoms with Gasteiger partial charge in [0.25, 0.3) is 0 Å². The molecule has 5 nitrogen and oxygen atoms in total. The molecule has 5 heteroatoms. The first-order chi connectivity index (χ1) is 9.99. The summed E-state index contributed by atoms with van der Waals surface area (Å²) in [4.78, 5) is 2.30. The van der Waals surface area contributed by atoms with Crippen LogP contribution in [0.15, 0.2) is 24.3 Å². The van der Waals surface area contributed by atoms with E-state index in [2.05, 4.69) is 4.90 Å². The van der Waals surface area contributed by atoms with Crippen LogP contribution in [0.25, 0.3) is 0 Å². The lowest BCUT2D eigenvalue weighted by Crippen LogP contribution is -2.55. The molecule has 0 saturated carbocycles. The highest BCUT2D eigenvalue weighted by atomic mass is 16.5. The zero-order valence-electron chi connectivity index (χ0n) is 13.1. The lowest BCUT2D eigenvalue weighted by Gasteiger charge is -2.45. The third kappa shape index (κ3) is 3.95. The number of nitrogens with zero attached hydrogens (tertiary/aromatic N) is 1. The van der Waals surface area contributed by atoms with Crippen LogP contribution in [0, 0.1) is 0 Å². The predicted octanol–water partition coefficient (Wildman–Crippen LogP) is 1.17. The van der Waals surface area contributed by atoms with Gasteiger partial charge in [-0.3, -0.25) is 4.90 Å². The van der Waals surface area contributed by atoms with Gasteiger partial charge in [-0.25, -0.2) is 0 Å². The van der Waals surface area contributed by atoms with E-state index in [0.29, 0.717) is 13.1 Å². The van der Waals surface area contributed by atoms with Gasteiger partial charge in [0.2, 0.25) is 0 Å². The average Bonchev–Trinajstić information content (AvgIpc) is 2.47. The lowest BCUT2D eigenvalue weighted by atomic mass is 9.99. The van der Waals surface area contributed by atoms with E-state index in [1.807, 2.05) is 38.1 Å². The number of benzene rings is 1. The largest absolute Gasteiger partial charge is 0.497 e. The van der Waals surface area contributed by atoms with Gasteiger partial charge in [-0.15, -0.1) is 0 Å². The summed E-state index contributed by atoms with van der Waals surface area (Å²) in [6, 6.07) is 8.12. The summed E-state index contributed by atoms with van der Waals surface area (Å²) in [5, 5.41) is 9.43. The molecule has 2 rings (SSSR count). The molecular formula is C16H26N2O3. The van der Waals surface area contributed by atoms with Crippen LogP contribution in [-0.2, 0) is 4.74 Å². The molecule has 2 atom stereocenters. The first-order valence-electron chi connectivity index (χ1n) is 7.36. The van der Waals surface area contributed by atoms with Crippen molar-refractivity contribution in [3.8, 4) is 5.75 Å². The molecule has 2 unspecified atom stereocenters. The number of morpholine rings is 1. The molecule has 21 heavy (non-hydrogen) atoms. The Hall–Kier alpha value is -1.14. The normalized spacial score (nSPS) is 23.8. The highest BCUT2D eigenvalue weighted by molar-refractivity contribution is 5.29. The molecule has 0 radical (unpaired) electrons. The maximum atomic E-state index is 9.43. The van der Waals surface area contributed by atoms with E-state index in [9.17, 15) is 5.11 Å². The van der Waals surface area contributed by atoms with Crippen molar-refractivity contribution in [3.05, 3.63) is 29.8 Å². The standard InChI is InChI=1S/C16H26N2O3/c1-16(2)11-18(9-14(10-19)21-16)15(8-17)12-4-6-13(20-3)7-5-12/h4-7,14-15,19H,8-11,17H2,1-3H3. The molecule has 3 N–H and O–H groups in total. The second kappa shape index (κ2) is 6.75. The number of hydrogen-bond acceptors (Lipinski definition) is 5. The van der Waals surface area contributed by atoms with Crippen LogP contribution in [0.3, 0.4) is 0 Å². The molecule has 1 fully saturated rings. The minimum atomic E-state index is -0.286. The van der Waals surface area contributed by atoms with Crippen molar-refractivity contribution in [2.45, 2.75) is 31.6 Å². The Morgan fingerprint density at radius 3 is 2.62 bits per heavy atom. The minimum absolute atomic E-state index is 0.0276. The summed E-state index contributed by atoms with van der Waals surface area (Å²) < 4.78 is 11.1. The quantitative estimate of drug-likeness (QED) is 0.853. The average molecular weight is 294 g/mol. The molecule has 1 heterocycles. The molecule has 1 aromatic carbocycles. The molecule has 1 aliphatic rings. The van der Waals surface area contributed by atoms with Crippen LogP contribution in [0.4, 0.5) is 0 Å². The molecule has 0 aromatic heterocycles. The Bertz CT molecular complexity index is 447. The summed E-state index contributed by atoms with van der Waals surface area (Å²) in [7, 11) is 1.66. The van der Waals surface area contributed by atoms with Gasteiger partial charge in [0.15, 0.2) is 0 Å². The fraction of sp³-hybridized carbons (Fsp3) is 0.625. The maximum absolute atomic E-state index is 9.43. The van der Waals surface area contributed by atoms with Crippen molar-refractivity contribution in [3.63, 3.8) is 0 Å². The van der Waals surface area contributed by atoms with E-state index in [4.69, 9.17) is 15.2 Å². The van der Waals surface area contributed by atoms with Gasteiger partial charge in [-0.2, -0.15) is 0 Å². The van der Waals surface area contributed by atoms with E-state index in [1.165, 1.54) is 0 Å². The smallest absolute Gasteiger partial charge is 0.118 e. The summed E-state index contributed by atoms with van der Waals surface area (Å²) in [6.07, 6.45) is -0.166. The maximum Gasteiger partial charge on any atom is 0.118 e. The van der Waals surface area contributed by atoms with E-state index < -0.39 is 0 Å². The summed E-state index contributed by atoms with van der Waals surface area (Å²) >= 11 is 0. The van der Waals surface area contributed by atoms with E-state index >= 15 is 0 Å².